The van der Waals surface area contributed by atoms with Crippen LogP contribution in [0.3, 0.4) is 0 Å². The average molecular weight is 476 g/mol. The van der Waals surface area contributed by atoms with Gasteiger partial charge in [-0.1, -0.05) is 6.07 Å². The summed E-state index contributed by atoms with van der Waals surface area (Å²) in [5.74, 6) is -2.85. The molecule has 4 rings (SSSR count). The third-order valence-corrected chi connectivity index (χ3v) is 6.70. The van der Waals surface area contributed by atoms with Gasteiger partial charge in [-0.25, -0.2) is 8.78 Å². The molecule has 0 spiro atoms. The van der Waals surface area contributed by atoms with E-state index < -0.39 is 34.5 Å². The fraction of sp³-hybridized carbons (Fsp3) is 0.458. The van der Waals surface area contributed by atoms with Gasteiger partial charge in [0, 0.05) is 44.7 Å². The molecule has 2 aliphatic heterocycles. The third-order valence-electron chi connectivity index (χ3n) is 6.70. The van der Waals surface area contributed by atoms with E-state index in [0.29, 0.717) is 32.1 Å². The number of nitrogens with zero attached hydrogens (tertiary/aromatic N) is 1. The van der Waals surface area contributed by atoms with Crippen LogP contribution < -0.4 is 15.5 Å². The smallest absolute Gasteiger partial charge is 0.257 e. The Bertz CT molecular complexity index is 1200. The van der Waals surface area contributed by atoms with Gasteiger partial charge in [-0.2, -0.15) is 0 Å². The van der Waals surface area contributed by atoms with E-state index in [0.717, 1.165) is 6.07 Å². The van der Waals surface area contributed by atoms with Gasteiger partial charge in [-0.3, -0.25) is 14.4 Å². The number of fused-ring (bicyclic) bond motifs is 3. The number of rotatable bonds is 7. The molecule has 1 aromatic carbocycles. The molecule has 3 heterocycles. The van der Waals surface area contributed by atoms with Gasteiger partial charge in [0.1, 0.15) is 22.9 Å². The summed E-state index contributed by atoms with van der Waals surface area (Å²) in [6, 6.07) is 2.72. The minimum atomic E-state index is -0.930. The van der Waals surface area contributed by atoms with Gasteiger partial charge in [0.25, 0.3) is 5.91 Å². The summed E-state index contributed by atoms with van der Waals surface area (Å²) in [5.41, 5.74) is -1.76. The van der Waals surface area contributed by atoms with Crippen molar-refractivity contribution < 1.29 is 32.6 Å². The molecule has 0 aliphatic carbocycles. The van der Waals surface area contributed by atoms with Crippen molar-refractivity contribution >= 4 is 11.7 Å². The van der Waals surface area contributed by atoms with Crippen LogP contribution in [0.2, 0.25) is 0 Å². The minimum absolute atomic E-state index is 0.0631. The number of carbonyl (C=O) groups excluding carboxylic acids is 2. The van der Waals surface area contributed by atoms with Crippen molar-refractivity contribution in [1.29, 1.82) is 0 Å². The third kappa shape index (κ3) is 3.90. The van der Waals surface area contributed by atoms with Crippen molar-refractivity contribution in [3.63, 3.8) is 0 Å². The van der Waals surface area contributed by atoms with Crippen molar-refractivity contribution in [3.8, 4) is 5.75 Å². The van der Waals surface area contributed by atoms with Crippen LogP contribution in [-0.2, 0) is 16.0 Å². The van der Waals surface area contributed by atoms with Crippen LogP contribution in [0.1, 0.15) is 52.2 Å². The molecule has 10 heteroatoms. The molecule has 2 aromatic rings. The lowest BCUT2D eigenvalue weighted by molar-refractivity contribution is -0.0222. The van der Waals surface area contributed by atoms with Gasteiger partial charge in [-0.05, 0) is 25.8 Å². The van der Waals surface area contributed by atoms with Crippen LogP contribution in [0.4, 0.5) is 8.78 Å². The number of amides is 1. The van der Waals surface area contributed by atoms with E-state index >= 15 is 0 Å². The van der Waals surface area contributed by atoms with E-state index in [2.05, 4.69) is 5.32 Å². The number of carbonyl (C=O) groups is 2. The maximum Gasteiger partial charge on any atom is 0.257 e. The van der Waals surface area contributed by atoms with Crippen LogP contribution in [-0.4, -0.2) is 49.8 Å². The Kier molecular flexibility index (Phi) is 6.55. The molecule has 1 aromatic heterocycles. The van der Waals surface area contributed by atoms with Crippen LogP contribution in [0.15, 0.2) is 29.2 Å². The number of pyridine rings is 1. The van der Waals surface area contributed by atoms with E-state index in [-0.39, 0.29) is 40.9 Å². The normalized spacial score (nSPS) is 23.4. The number of benzene rings is 1. The summed E-state index contributed by atoms with van der Waals surface area (Å²) in [6.07, 6.45) is 1.86. The van der Waals surface area contributed by atoms with Gasteiger partial charge >= 0.3 is 0 Å². The van der Waals surface area contributed by atoms with Gasteiger partial charge < -0.3 is 24.1 Å². The number of hydrogen-bond donors (Lipinski definition) is 1. The fourth-order valence-electron chi connectivity index (χ4n) is 4.82. The maximum absolute atomic E-state index is 13.9. The maximum atomic E-state index is 13.9. The molecule has 34 heavy (non-hydrogen) atoms. The summed E-state index contributed by atoms with van der Waals surface area (Å²) >= 11 is 0. The molecular formula is C24H26F2N2O6. The van der Waals surface area contributed by atoms with Gasteiger partial charge in [0.2, 0.25) is 5.43 Å². The number of aromatic nitrogens is 1. The van der Waals surface area contributed by atoms with Gasteiger partial charge in [0.15, 0.2) is 11.5 Å². The Morgan fingerprint density at radius 1 is 1.29 bits per heavy atom. The van der Waals surface area contributed by atoms with Crippen molar-refractivity contribution in [2.45, 2.75) is 38.5 Å². The molecule has 2 aliphatic rings. The number of ketones is 1. The summed E-state index contributed by atoms with van der Waals surface area (Å²) in [4.78, 5) is 39.7. The molecule has 0 saturated carbocycles. The minimum Gasteiger partial charge on any atom is -0.491 e. The van der Waals surface area contributed by atoms with Crippen molar-refractivity contribution in [1.82, 2.24) is 9.88 Å². The van der Waals surface area contributed by atoms with Crippen molar-refractivity contribution in [2.24, 2.45) is 5.41 Å². The largest absolute Gasteiger partial charge is 0.491 e. The second-order valence-corrected chi connectivity index (χ2v) is 8.72. The highest BCUT2D eigenvalue weighted by Crippen LogP contribution is 2.48. The van der Waals surface area contributed by atoms with Crippen LogP contribution >= 0.6 is 0 Å². The highest BCUT2D eigenvalue weighted by Gasteiger charge is 2.54. The molecule has 1 fully saturated rings. The monoisotopic (exact) mass is 476 g/mol. The Morgan fingerprint density at radius 2 is 2.06 bits per heavy atom. The van der Waals surface area contributed by atoms with Gasteiger partial charge in [0.05, 0.1) is 24.7 Å². The summed E-state index contributed by atoms with van der Waals surface area (Å²) in [5, 5.41) is 2.49. The highest BCUT2D eigenvalue weighted by molar-refractivity contribution is 6.04. The fourth-order valence-corrected chi connectivity index (χ4v) is 4.82. The molecule has 3 atom stereocenters. The number of methoxy groups -OCH3 is 2. The second-order valence-electron chi connectivity index (χ2n) is 8.72. The summed E-state index contributed by atoms with van der Waals surface area (Å²) in [7, 11) is 2.82. The molecule has 8 nitrogen and oxygen atoms in total. The lowest BCUT2D eigenvalue weighted by Gasteiger charge is -2.43. The average Bonchev–Trinajstić information content (AvgIpc) is 3.31. The number of nitrogens with one attached hydrogen (secondary N) is 1. The van der Waals surface area contributed by atoms with E-state index in [9.17, 15) is 23.2 Å². The lowest BCUT2D eigenvalue weighted by Crippen LogP contribution is -2.51. The highest BCUT2D eigenvalue weighted by atomic mass is 19.1. The quantitative estimate of drug-likeness (QED) is 0.660. The zero-order valence-corrected chi connectivity index (χ0v) is 19.2. The molecule has 0 bridgehead atoms. The van der Waals surface area contributed by atoms with Gasteiger partial charge in [-0.15, -0.1) is 0 Å². The first-order valence-electron chi connectivity index (χ1n) is 10.9. The zero-order chi connectivity index (χ0) is 24.6. The van der Waals surface area contributed by atoms with E-state index in [4.69, 9.17) is 14.2 Å². The van der Waals surface area contributed by atoms with E-state index in [1.165, 1.54) is 19.4 Å². The molecule has 182 valence electrons. The summed E-state index contributed by atoms with van der Waals surface area (Å²) in [6.45, 7) is 2.30. The number of hydrogen-bond acceptors (Lipinski definition) is 6. The molecule has 1 amide bonds. The van der Waals surface area contributed by atoms with Crippen LogP contribution in [0.25, 0.3) is 0 Å². The second kappa shape index (κ2) is 9.27. The SMILES string of the molecule is COCCC1(C)C(=O)c2c(OC)c(=O)c(C(=O)NCc3ccc(F)cc3F)cn2C2CCOC21. The molecule has 3 unspecified atom stereocenters. The Morgan fingerprint density at radius 3 is 2.74 bits per heavy atom. The Balaban J connectivity index is 1.73. The number of ether oxygens (including phenoxy) is 3. The van der Waals surface area contributed by atoms with Crippen LogP contribution in [0, 0.1) is 17.0 Å². The number of halogens is 2. The summed E-state index contributed by atoms with van der Waals surface area (Å²) < 4.78 is 45.2. The number of Topliss-reactive ketones (excluding diaryl/α,β-unsaturated/α-hetero) is 1. The molecular weight excluding hydrogens is 450 g/mol. The lowest BCUT2D eigenvalue weighted by atomic mass is 9.70. The standard InChI is InChI=1S/C24H26F2N2O6/c1-24(7-9-32-2)21(30)18-20(33-3)19(29)15(12-28(18)17-6-8-34-22(17)24)23(31)27-11-13-4-5-14(25)10-16(13)26/h4-5,10,12,17,22H,6-9,11H2,1-3H3,(H,27,31). The first-order chi connectivity index (χ1) is 16.2. The predicted octanol–water partition coefficient (Wildman–Crippen LogP) is 2.63. The zero-order valence-electron chi connectivity index (χ0n) is 19.2. The predicted molar refractivity (Wildman–Crippen MR) is 117 cm³/mol. The van der Waals surface area contributed by atoms with Crippen LogP contribution in [0.5, 0.6) is 5.75 Å². The van der Waals surface area contributed by atoms with Crippen molar-refractivity contribution in [3.05, 3.63) is 63.1 Å². The molecule has 0 radical (unpaired) electrons. The Hall–Kier alpha value is -3.11. The Labute approximate surface area is 194 Å². The molecule has 1 saturated heterocycles. The first kappa shape index (κ1) is 24.0. The first-order valence-corrected chi connectivity index (χ1v) is 10.9. The van der Waals surface area contributed by atoms with E-state index in [1.54, 1.807) is 18.6 Å². The molecule has 1 N–H and O–H groups in total. The van der Waals surface area contributed by atoms with E-state index in [1.807, 2.05) is 0 Å². The van der Waals surface area contributed by atoms with Crippen molar-refractivity contribution in [2.75, 3.05) is 27.4 Å². The topological polar surface area (TPSA) is 95.9 Å².